The number of hydrogen-bond acceptors (Lipinski definition) is 15. The van der Waals surface area contributed by atoms with Gasteiger partial charge in [-0.1, -0.05) is 67.6 Å². The second kappa shape index (κ2) is 20.1. The lowest BCUT2D eigenvalue weighted by atomic mass is 9.93. The zero-order chi connectivity index (χ0) is 42.2. The molecule has 59 heavy (non-hydrogen) atoms. The Hall–Kier alpha value is -4.56. The van der Waals surface area contributed by atoms with Gasteiger partial charge in [0.25, 0.3) is 0 Å². The van der Waals surface area contributed by atoms with Crippen LogP contribution in [0.15, 0.2) is 91.0 Å². The van der Waals surface area contributed by atoms with E-state index in [4.69, 9.17) is 34.2 Å². The third-order valence-electron chi connectivity index (χ3n) is 10.7. The van der Waals surface area contributed by atoms with Gasteiger partial charge in [0.1, 0.15) is 60.3 Å². The van der Waals surface area contributed by atoms with E-state index in [9.17, 15) is 40.2 Å². The smallest absolute Gasteiger partial charge is 0.238 e. The highest BCUT2D eigenvalue weighted by atomic mass is 16.7. The minimum absolute atomic E-state index is 0.0140. The van der Waals surface area contributed by atoms with Crippen LogP contribution in [0.2, 0.25) is 0 Å². The lowest BCUT2D eigenvalue weighted by molar-refractivity contribution is -0.355. The van der Waals surface area contributed by atoms with Crippen LogP contribution >= 0.6 is 0 Å². The molecule has 1 amide bonds. The normalized spacial score (nSPS) is 28.6. The van der Waals surface area contributed by atoms with Crippen LogP contribution in [0, 0.1) is 0 Å². The van der Waals surface area contributed by atoms with E-state index in [1.54, 1.807) is 19.2 Å². The molecule has 317 valence electrons. The maximum Gasteiger partial charge on any atom is 0.238 e. The van der Waals surface area contributed by atoms with E-state index >= 15 is 0 Å². The molecule has 0 saturated carbocycles. The van der Waals surface area contributed by atoms with Crippen LogP contribution < -0.4 is 20.5 Å². The first kappa shape index (κ1) is 44.0. The number of nitrogens with two attached hydrogens (primary N) is 1. The third kappa shape index (κ3) is 10.4. The average molecular weight is 820 g/mol. The number of fused-ring (bicyclic) bond motifs is 1. The molecule has 9 N–H and O–H groups in total. The molecule has 16 nitrogen and oxygen atoms in total. The molecule has 0 bridgehead atoms. The van der Waals surface area contributed by atoms with Crippen LogP contribution in [0.1, 0.15) is 29.5 Å². The summed E-state index contributed by atoms with van der Waals surface area (Å²) in [6.07, 6.45) is -13.1. The Labute approximate surface area is 341 Å². The minimum Gasteiger partial charge on any atom is -0.497 e. The van der Waals surface area contributed by atoms with Gasteiger partial charge in [0.05, 0.1) is 39.0 Å². The molecule has 0 spiro atoms. The summed E-state index contributed by atoms with van der Waals surface area (Å²) < 4.78 is 34.4. The zero-order valence-electron chi connectivity index (χ0n) is 32.5. The number of aliphatic hydroxyl groups excluding tert-OH is 6. The predicted octanol–water partition coefficient (Wildman–Crippen LogP) is 0.344. The van der Waals surface area contributed by atoms with E-state index < -0.39 is 92.6 Å². The van der Waals surface area contributed by atoms with Gasteiger partial charge in [0.2, 0.25) is 18.5 Å². The number of rotatable bonds is 17. The summed E-state index contributed by atoms with van der Waals surface area (Å²) in [5, 5.41) is 69.1. The van der Waals surface area contributed by atoms with Crippen molar-refractivity contribution >= 4 is 23.0 Å². The van der Waals surface area contributed by atoms with Crippen molar-refractivity contribution in [3.63, 3.8) is 0 Å². The molecule has 2 fully saturated rings. The first-order valence-electron chi connectivity index (χ1n) is 19.3. The molecule has 2 aliphatic heterocycles. The van der Waals surface area contributed by atoms with Crippen molar-refractivity contribution in [1.82, 2.24) is 5.32 Å². The number of aliphatic hydroxyl groups is 6. The van der Waals surface area contributed by atoms with Crippen LogP contribution in [-0.2, 0) is 41.6 Å². The van der Waals surface area contributed by atoms with Gasteiger partial charge in [-0.3, -0.25) is 9.59 Å². The summed E-state index contributed by atoms with van der Waals surface area (Å²) in [6.45, 7) is 0.503. The molecular formula is C43H51N2O14. The number of benzene rings is 4. The van der Waals surface area contributed by atoms with E-state index in [0.717, 1.165) is 21.9 Å². The molecule has 13 atom stereocenters. The number of carbonyl (C=O) groups is 1. The number of hydrogen-bond donors (Lipinski definition) is 8. The third-order valence-corrected chi connectivity index (χ3v) is 10.7. The van der Waals surface area contributed by atoms with Gasteiger partial charge >= 0.3 is 0 Å². The number of nitrogens with one attached hydrogen (secondary N) is 1. The first-order chi connectivity index (χ1) is 28.4. The second-order valence-electron chi connectivity index (χ2n) is 14.7. The van der Waals surface area contributed by atoms with E-state index in [2.05, 4.69) is 5.32 Å². The predicted molar refractivity (Wildman–Crippen MR) is 211 cm³/mol. The van der Waals surface area contributed by atoms with Crippen LogP contribution in [-0.4, -0.2) is 137 Å². The van der Waals surface area contributed by atoms with Gasteiger partial charge in [0.15, 0.2) is 6.29 Å². The minimum atomic E-state index is -1.74. The molecule has 0 aromatic heterocycles. The second-order valence-corrected chi connectivity index (χ2v) is 14.7. The van der Waals surface area contributed by atoms with E-state index in [1.165, 1.54) is 12.1 Å². The van der Waals surface area contributed by atoms with Gasteiger partial charge < -0.3 is 70.1 Å². The topological polar surface area (TPSA) is 249 Å². The maximum absolute atomic E-state index is 12.9. The van der Waals surface area contributed by atoms with Crippen LogP contribution in [0.25, 0.3) is 10.8 Å². The Kier molecular flexibility index (Phi) is 15.0. The Morgan fingerprint density at radius 2 is 1.37 bits per heavy atom. The lowest BCUT2D eigenvalue weighted by Crippen LogP contribution is -2.65. The van der Waals surface area contributed by atoms with Crippen LogP contribution in [0.3, 0.4) is 0 Å². The fourth-order valence-corrected chi connectivity index (χ4v) is 7.18. The van der Waals surface area contributed by atoms with Crippen molar-refractivity contribution in [2.45, 2.75) is 99.4 Å². The molecule has 2 heterocycles. The van der Waals surface area contributed by atoms with Crippen molar-refractivity contribution in [3.8, 4) is 11.5 Å². The standard InChI is InChI=1S/C43H51N2O14/c1-23(26-6-4-3-5-7-26)34(44)41(53)45-29(19-46)17-24-9-13-30(14-10-24)56-42-38(52)36(50)40(33(21-48)58-42)59-43-37(51)35(49)39(32(20-47)57-43)55-22-25-8-11-28-18-31(54-2)15-12-27(28)16-25/h3-16,18,23,29,32-40,42-43,47-52H,17,20-22,44H2,1-2H3,(H,45,53)/t23?,29-,32?,33?,34-,35?,36?,37?,38?,39?,40?,42?,43?/m0/s1. The molecule has 11 unspecified atom stereocenters. The molecule has 16 heteroatoms. The van der Waals surface area contributed by atoms with E-state index in [1.807, 2.05) is 79.9 Å². The van der Waals surface area contributed by atoms with Crippen LogP contribution in [0.4, 0.5) is 0 Å². The van der Waals surface area contributed by atoms with Gasteiger partial charge in [-0.2, -0.15) is 0 Å². The summed E-state index contributed by atoms with van der Waals surface area (Å²) in [5.41, 5.74) is 8.47. The highest BCUT2D eigenvalue weighted by Gasteiger charge is 2.51. The van der Waals surface area contributed by atoms with Crippen LogP contribution in [0.5, 0.6) is 11.5 Å². The SMILES string of the molecule is COc1ccc2cc(COC3C(CO)OC(OC4C(CO)OC(Oc5ccc(C[C@@H]([C]=O)NC(=O)[C@@H](N)C(C)c6ccccc6)cc5)C(O)C4O)C(O)C3O)ccc2c1. The van der Waals surface area contributed by atoms with Crippen molar-refractivity contribution in [2.24, 2.45) is 5.73 Å². The van der Waals surface area contributed by atoms with Gasteiger partial charge in [-0.25, -0.2) is 0 Å². The Bertz CT molecular complexity index is 1970. The molecule has 4 aromatic carbocycles. The molecule has 6 rings (SSSR count). The fourth-order valence-electron chi connectivity index (χ4n) is 7.18. The molecule has 2 aliphatic rings. The number of carbonyl (C=O) groups excluding carboxylic acids is 2. The van der Waals surface area contributed by atoms with Crippen molar-refractivity contribution in [3.05, 3.63) is 108 Å². The average Bonchev–Trinajstić information content (AvgIpc) is 3.26. The van der Waals surface area contributed by atoms with Crippen molar-refractivity contribution in [1.29, 1.82) is 0 Å². The molecule has 1 radical (unpaired) electrons. The number of methoxy groups -OCH3 is 1. The summed E-state index contributed by atoms with van der Waals surface area (Å²) in [5.74, 6) is 0.116. The van der Waals surface area contributed by atoms with E-state index in [-0.39, 0.29) is 24.7 Å². The number of ether oxygens (including phenoxy) is 6. The molecular weight excluding hydrogens is 768 g/mol. The molecule has 2 saturated heterocycles. The lowest BCUT2D eigenvalue weighted by Gasteiger charge is -2.46. The number of amides is 1. The summed E-state index contributed by atoms with van der Waals surface area (Å²) in [7, 11) is 1.59. The van der Waals surface area contributed by atoms with Gasteiger partial charge in [-0.05, 0) is 57.8 Å². The largest absolute Gasteiger partial charge is 0.497 e. The van der Waals surface area contributed by atoms with Crippen molar-refractivity contribution in [2.75, 3.05) is 20.3 Å². The summed E-state index contributed by atoms with van der Waals surface area (Å²) in [4.78, 5) is 24.6. The highest BCUT2D eigenvalue weighted by Crippen LogP contribution is 2.32. The summed E-state index contributed by atoms with van der Waals surface area (Å²) in [6, 6.07) is 25.0. The van der Waals surface area contributed by atoms with Gasteiger partial charge in [-0.15, -0.1) is 0 Å². The fraction of sp³-hybridized carbons (Fsp3) is 0.442. The first-order valence-corrected chi connectivity index (χ1v) is 19.3. The quantitative estimate of drug-likeness (QED) is 0.0716. The molecule has 4 aromatic rings. The Morgan fingerprint density at radius 1 is 0.780 bits per heavy atom. The monoisotopic (exact) mass is 819 g/mol. The van der Waals surface area contributed by atoms with E-state index in [0.29, 0.717) is 11.3 Å². The Morgan fingerprint density at radius 3 is 2.05 bits per heavy atom. The Balaban J connectivity index is 1.02. The van der Waals surface area contributed by atoms with Gasteiger partial charge in [0, 0.05) is 12.3 Å². The zero-order valence-corrected chi connectivity index (χ0v) is 32.5. The maximum atomic E-state index is 12.9. The molecule has 0 aliphatic carbocycles. The summed E-state index contributed by atoms with van der Waals surface area (Å²) >= 11 is 0. The van der Waals surface area contributed by atoms with Crippen molar-refractivity contribution < 1.29 is 68.6 Å². The highest BCUT2D eigenvalue weighted by molar-refractivity contribution is 5.85.